The number of nitrogens with zero attached hydrogens (tertiary/aromatic N) is 3. The van der Waals surface area contributed by atoms with Crippen molar-refractivity contribution < 1.29 is 4.79 Å². The van der Waals surface area contributed by atoms with Crippen molar-refractivity contribution in [2.45, 2.75) is 24.3 Å². The van der Waals surface area contributed by atoms with Crippen LogP contribution in [0.1, 0.15) is 23.1 Å². The van der Waals surface area contributed by atoms with Crippen molar-refractivity contribution in [3.63, 3.8) is 0 Å². The summed E-state index contributed by atoms with van der Waals surface area (Å²) in [6, 6.07) is 7.39. The highest BCUT2D eigenvalue weighted by Crippen LogP contribution is 2.24. The minimum Gasteiger partial charge on any atom is -0.309 e. The SMILES string of the molecule is Cc1nnc(SC(C)C(=O)c2ccc(Br)cc2)n1C. The molecule has 1 aromatic carbocycles. The largest absolute Gasteiger partial charge is 0.309 e. The van der Waals surface area contributed by atoms with E-state index in [1.807, 2.05) is 49.7 Å². The lowest BCUT2D eigenvalue weighted by Gasteiger charge is -2.09. The first-order valence-electron chi connectivity index (χ1n) is 5.81. The Kier molecular flexibility index (Phi) is 4.42. The van der Waals surface area contributed by atoms with Gasteiger partial charge < -0.3 is 4.57 Å². The molecule has 19 heavy (non-hydrogen) atoms. The van der Waals surface area contributed by atoms with E-state index in [0.29, 0.717) is 5.56 Å². The number of thioether (sulfide) groups is 1. The van der Waals surface area contributed by atoms with Crippen LogP contribution in [0.5, 0.6) is 0 Å². The number of benzene rings is 1. The molecule has 0 radical (unpaired) electrons. The van der Waals surface area contributed by atoms with Crippen LogP contribution in [0.3, 0.4) is 0 Å². The molecule has 4 nitrogen and oxygen atoms in total. The molecule has 0 fully saturated rings. The number of halogens is 1. The van der Waals surface area contributed by atoms with Crippen LogP contribution in [-0.2, 0) is 7.05 Å². The maximum absolute atomic E-state index is 12.3. The van der Waals surface area contributed by atoms with Crippen molar-refractivity contribution in [3.05, 3.63) is 40.1 Å². The molecule has 1 atom stereocenters. The molecule has 0 saturated carbocycles. The summed E-state index contributed by atoms with van der Waals surface area (Å²) in [5, 5.41) is 8.62. The van der Waals surface area contributed by atoms with Gasteiger partial charge in [-0.2, -0.15) is 0 Å². The number of carbonyl (C=O) groups is 1. The topological polar surface area (TPSA) is 47.8 Å². The lowest BCUT2D eigenvalue weighted by molar-refractivity contribution is 0.0994. The van der Waals surface area contributed by atoms with Crippen LogP contribution in [-0.4, -0.2) is 25.8 Å². The van der Waals surface area contributed by atoms with Crippen LogP contribution in [0.15, 0.2) is 33.9 Å². The van der Waals surface area contributed by atoms with Crippen LogP contribution in [0.25, 0.3) is 0 Å². The Balaban J connectivity index is 2.11. The molecule has 0 aliphatic rings. The van der Waals surface area contributed by atoms with Crippen LogP contribution in [0, 0.1) is 6.92 Å². The fourth-order valence-corrected chi connectivity index (χ4v) is 2.75. The van der Waals surface area contributed by atoms with Gasteiger partial charge in [-0.25, -0.2) is 0 Å². The van der Waals surface area contributed by atoms with E-state index in [9.17, 15) is 4.79 Å². The molecule has 2 rings (SSSR count). The summed E-state index contributed by atoms with van der Waals surface area (Å²) in [5.41, 5.74) is 0.710. The minimum absolute atomic E-state index is 0.0955. The smallest absolute Gasteiger partial charge is 0.191 e. The second-order valence-corrected chi connectivity index (χ2v) is 6.44. The average Bonchev–Trinajstić information content (AvgIpc) is 2.71. The molecule has 0 bridgehead atoms. The van der Waals surface area contributed by atoms with Crippen LogP contribution in [0.4, 0.5) is 0 Å². The van der Waals surface area contributed by atoms with E-state index in [2.05, 4.69) is 26.1 Å². The zero-order valence-corrected chi connectivity index (χ0v) is 13.3. The monoisotopic (exact) mass is 339 g/mol. The second-order valence-electron chi connectivity index (χ2n) is 4.22. The minimum atomic E-state index is -0.191. The maximum atomic E-state index is 12.3. The summed E-state index contributed by atoms with van der Waals surface area (Å²) in [6.45, 7) is 3.78. The molecule has 1 aromatic heterocycles. The molecular weight excluding hydrogens is 326 g/mol. The maximum Gasteiger partial charge on any atom is 0.191 e. The molecule has 0 aliphatic carbocycles. The predicted octanol–water partition coefficient (Wildman–Crippen LogP) is 3.25. The third-order valence-corrected chi connectivity index (χ3v) is 4.50. The van der Waals surface area contributed by atoms with Crippen LogP contribution in [0.2, 0.25) is 0 Å². The molecule has 0 aliphatic heterocycles. The first-order chi connectivity index (χ1) is 8.99. The Hall–Kier alpha value is -1.14. The molecule has 0 spiro atoms. The number of carbonyl (C=O) groups excluding carboxylic acids is 1. The average molecular weight is 340 g/mol. The lowest BCUT2D eigenvalue weighted by atomic mass is 10.1. The van der Waals surface area contributed by atoms with E-state index in [0.717, 1.165) is 15.5 Å². The molecule has 1 heterocycles. The summed E-state index contributed by atoms with van der Waals surface area (Å²) in [6.07, 6.45) is 0. The third-order valence-electron chi connectivity index (χ3n) is 2.83. The molecular formula is C13H14BrN3OS. The molecule has 0 amide bonds. The Morgan fingerprint density at radius 3 is 2.47 bits per heavy atom. The Bertz CT molecular complexity index is 594. The number of aromatic nitrogens is 3. The van der Waals surface area contributed by atoms with Crippen molar-refractivity contribution in [2.24, 2.45) is 7.05 Å². The van der Waals surface area contributed by atoms with Crippen molar-refractivity contribution in [2.75, 3.05) is 0 Å². The molecule has 1 unspecified atom stereocenters. The van der Waals surface area contributed by atoms with Gasteiger partial charge in [-0.3, -0.25) is 4.79 Å². The van der Waals surface area contributed by atoms with Crippen molar-refractivity contribution in [1.82, 2.24) is 14.8 Å². The molecule has 100 valence electrons. The second kappa shape index (κ2) is 5.88. The van der Waals surface area contributed by atoms with E-state index in [-0.39, 0.29) is 11.0 Å². The van der Waals surface area contributed by atoms with E-state index in [1.54, 1.807) is 0 Å². The Morgan fingerprint density at radius 2 is 1.95 bits per heavy atom. The van der Waals surface area contributed by atoms with Crippen molar-refractivity contribution in [1.29, 1.82) is 0 Å². The van der Waals surface area contributed by atoms with Crippen LogP contribution >= 0.6 is 27.7 Å². The summed E-state index contributed by atoms with van der Waals surface area (Å²) < 4.78 is 2.85. The number of ketones is 1. The summed E-state index contributed by atoms with van der Waals surface area (Å²) >= 11 is 4.79. The van der Waals surface area contributed by atoms with Gasteiger partial charge in [0, 0.05) is 17.1 Å². The molecule has 6 heteroatoms. The number of aryl methyl sites for hydroxylation is 1. The summed E-state index contributed by atoms with van der Waals surface area (Å²) in [7, 11) is 1.90. The summed E-state index contributed by atoms with van der Waals surface area (Å²) in [5.74, 6) is 0.934. The zero-order chi connectivity index (χ0) is 14.0. The van der Waals surface area contributed by atoms with E-state index in [4.69, 9.17) is 0 Å². The normalized spacial score (nSPS) is 12.4. The van der Waals surface area contributed by atoms with Gasteiger partial charge in [0.15, 0.2) is 10.9 Å². The van der Waals surface area contributed by atoms with E-state index >= 15 is 0 Å². The van der Waals surface area contributed by atoms with Gasteiger partial charge >= 0.3 is 0 Å². The quantitative estimate of drug-likeness (QED) is 0.633. The molecule has 0 N–H and O–H groups in total. The van der Waals surface area contributed by atoms with Gasteiger partial charge in [0.05, 0.1) is 5.25 Å². The first-order valence-corrected chi connectivity index (χ1v) is 7.48. The highest BCUT2D eigenvalue weighted by Gasteiger charge is 2.19. The van der Waals surface area contributed by atoms with Gasteiger partial charge in [0.1, 0.15) is 5.82 Å². The highest BCUT2D eigenvalue weighted by atomic mass is 79.9. The fourth-order valence-electron chi connectivity index (χ4n) is 1.55. The van der Waals surface area contributed by atoms with Gasteiger partial charge in [0.2, 0.25) is 0 Å². The molecule has 0 saturated heterocycles. The lowest BCUT2D eigenvalue weighted by Crippen LogP contribution is -2.14. The standard InChI is InChI=1S/C13H14BrN3OS/c1-8(19-13-16-15-9(2)17(13)3)12(18)10-4-6-11(14)7-5-10/h4-8H,1-3H3. The van der Waals surface area contributed by atoms with Gasteiger partial charge in [0.25, 0.3) is 0 Å². The fraction of sp³-hybridized carbons (Fsp3) is 0.308. The molecule has 2 aromatic rings. The zero-order valence-electron chi connectivity index (χ0n) is 10.9. The third kappa shape index (κ3) is 3.25. The van der Waals surface area contributed by atoms with Crippen molar-refractivity contribution >= 4 is 33.5 Å². The van der Waals surface area contributed by atoms with Gasteiger partial charge in [-0.05, 0) is 26.0 Å². The van der Waals surface area contributed by atoms with Gasteiger partial charge in [-0.1, -0.05) is 39.8 Å². The Morgan fingerprint density at radius 1 is 1.32 bits per heavy atom. The number of Topliss-reactive ketones (excluding diaryl/α,β-unsaturated/α-hetero) is 1. The van der Waals surface area contributed by atoms with E-state index < -0.39 is 0 Å². The summed E-state index contributed by atoms with van der Waals surface area (Å²) in [4.78, 5) is 12.3. The number of hydrogen-bond donors (Lipinski definition) is 0. The number of rotatable bonds is 4. The van der Waals surface area contributed by atoms with Crippen molar-refractivity contribution in [3.8, 4) is 0 Å². The predicted molar refractivity (Wildman–Crippen MR) is 79.5 cm³/mol. The number of hydrogen-bond acceptors (Lipinski definition) is 4. The Labute approximate surface area is 124 Å². The van der Waals surface area contributed by atoms with Gasteiger partial charge in [-0.15, -0.1) is 10.2 Å². The highest BCUT2D eigenvalue weighted by molar-refractivity contribution is 9.10. The first kappa shape index (κ1) is 14.3. The van der Waals surface area contributed by atoms with E-state index in [1.165, 1.54) is 11.8 Å². The van der Waals surface area contributed by atoms with Crippen LogP contribution < -0.4 is 0 Å².